The number of hydrogen-bond donors (Lipinski definition) is 1. The molecule has 0 aliphatic carbocycles. The molecular formula is C12H11ClN2. The third-order valence-corrected chi connectivity index (χ3v) is 2.57. The van der Waals surface area contributed by atoms with Crippen LogP contribution in [0.3, 0.4) is 0 Å². The molecule has 0 unspecified atom stereocenters. The van der Waals surface area contributed by atoms with Crippen LogP contribution in [-0.2, 0) is 0 Å². The molecule has 0 aliphatic heterocycles. The molecule has 15 heavy (non-hydrogen) atoms. The lowest BCUT2D eigenvalue weighted by molar-refractivity contribution is 1.29. The number of rotatable bonds is 1. The lowest BCUT2D eigenvalue weighted by Gasteiger charge is -2.08. The monoisotopic (exact) mass is 218 g/mol. The number of aryl methyl sites for hydroxylation is 1. The minimum absolute atomic E-state index is 0.553. The Labute approximate surface area is 93.7 Å². The Bertz CT molecular complexity index is 457. The minimum atomic E-state index is 0.553. The quantitative estimate of drug-likeness (QED) is 0.798. The fourth-order valence-corrected chi connectivity index (χ4v) is 1.70. The van der Waals surface area contributed by atoms with Gasteiger partial charge in [-0.25, -0.2) is 4.98 Å². The number of benzene rings is 1. The third kappa shape index (κ3) is 1.95. The first-order valence-electron chi connectivity index (χ1n) is 4.65. The number of nitrogens with zero attached hydrogens (tertiary/aromatic N) is 1. The summed E-state index contributed by atoms with van der Waals surface area (Å²) in [5.74, 6) is 0.553. The van der Waals surface area contributed by atoms with Crippen molar-refractivity contribution in [3.8, 4) is 11.1 Å². The number of halogens is 1. The topological polar surface area (TPSA) is 38.9 Å². The average Bonchev–Trinajstić information content (AvgIpc) is 2.20. The number of nitrogens with two attached hydrogens (primary N) is 1. The van der Waals surface area contributed by atoms with Crippen LogP contribution in [0.4, 0.5) is 5.82 Å². The summed E-state index contributed by atoms with van der Waals surface area (Å²) in [7, 11) is 0. The van der Waals surface area contributed by atoms with E-state index in [-0.39, 0.29) is 0 Å². The van der Waals surface area contributed by atoms with Crippen molar-refractivity contribution in [2.75, 3.05) is 5.73 Å². The Balaban J connectivity index is 2.58. The van der Waals surface area contributed by atoms with E-state index in [1.807, 2.05) is 37.3 Å². The SMILES string of the molecule is Cc1ccnc(N)c1-c1ccc(Cl)cc1. The second-order valence-electron chi connectivity index (χ2n) is 3.39. The van der Waals surface area contributed by atoms with Gasteiger partial charge in [0.25, 0.3) is 0 Å². The molecule has 2 rings (SSSR count). The second kappa shape index (κ2) is 3.91. The van der Waals surface area contributed by atoms with Gasteiger partial charge in [-0.05, 0) is 36.2 Å². The lowest BCUT2D eigenvalue weighted by atomic mass is 10.0. The molecule has 0 bridgehead atoms. The van der Waals surface area contributed by atoms with Gasteiger partial charge >= 0.3 is 0 Å². The van der Waals surface area contributed by atoms with Crippen LogP contribution in [0.15, 0.2) is 36.5 Å². The maximum absolute atomic E-state index is 5.85. The molecule has 1 aromatic carbocycles. The van der Waals surface area contributed by atoms with E-state index in [1.54, 1.807) is 6.20 Å². The number of hydrogen-bond acceptors (Lipinski definition) is 2. The van der Waals surface area contributed by atoms with Gasteiger partial charge in [-0.15, -0.1) is 0 Å². The van der Waals surface area contributed by atoms with Crippen molar-refractivity contribution < 1.29 is 0 Å². The molecule has 3 heteroatoms. The molecule has 0 aliphatic rings. The zero-order valence-electron chi connectivity index (χ0n) is 8.37. The van der Waals surface area contributed by atoms with Crippen molar-refractivity contribution in [3.63, 3.8) is 0 Å². The molecule has 0 amide bonds. The first-order valence-corrected chi connectivity index (χ1v) is 5.03. The van der Waals surface area contributed by atoms with Crippen LogP contribution in [0.1, 0.15) is 5.56 Å². The van der Waals surface area contributed by atoms with E-state index in [2.05, 4.69) is 4.98 Å². The fourth-order valence-electron chi connectivity index (χ4n) is 1.57. The largest absolute Gasteiger partial charge is 0.383 e. The van der Waals surface area contributed by atoms with Crippen LogP contribution in [0, 0.1) is 6.92 Å². The van der Waals surface area contributed by atoms with E-state index < -0.39 is 0 Å². The van der Waals surface area contributed by atoms with Gasteiger partial charge in [-0.1, -0.05) is 23.7 Å². The highest BCUT2D eigenvalue weighted by Crippen LogP contribution is 2.28. The van der Waals surface area contributed by atoms with E-state index >= 15 is 0 Å². The fraction of sp³-hybridized carbons (Fsp3) is 0.0833. The van der Waals surface area contributed by atoms with Gasteiger partial charge in [-0.3, -0.25) is 0 Å². The van der Waals surface area contributed by atoms with Crippen molar-refractivity contribution in [1.82, 2.24) is 4.98 Å². The molecular weight excluding hydrogens is 208 g/mol. The Morgan fingerprint density at radius 2 is 1.80 bits per heavy atom. The number of anilines is 1. The minimum Gasteiger partial charge on any atom is -0.383 e. The van der Waals surface area contributed by atoms with Crippen LogP contribution in [0.25, 0.3) is 11.1 Å². The maximum Gasteiger partial charge on any atom is 0.131 e. The van der Waals surface area contributed by atoms with Gasteiger partial charge < -0.3 is 5.73 Å². The summed E-state index contributed by atoms with van der Waals surface area (Å²) in [5, 5.41) is 0.721. The normalized spacial score (nSPS) is 10.3. The van der Waals surface area contributed by atoms with Crippen LogP contribution in [-0.4, -0.2) is 4.98 Å². The Kier molecular flexibility index (Phi) is 2.60. The van der Waals surface area contributed by atoms with Crippen molar-refractivity contribution >= 4 is 17.4 Å². The van der Waals surface area contributed by atoms with Gasteiger partial charge in [0.2, 0.25) is 0 Å². The Morgan fingerprint density at radius 1 is 1.13 bits per heavy atom. The summed E-state index contributed by atoms with van der Waals surface area (Å²) in [5.41, 5.74) is 8.99. The maximum atomic E-state index is 5.85. The van der Waals surface area contributed by atoms with E-state index in [0.717, 1.165) is 21.7 Å². The van der Waals surface area contributed by atoms with E-state index in [1.165, 1.54) is 0 Å². The van der Waals surface area contributed by atoms with E-state index in [9.17, 15) is 0 Å². The van der Waals surface area contributed by atoms with E-state index in [4.69, 9.17) is 17.3 Å². The van der Waals surface area contributed by atoms with E-state index in [0.29, 0.717) is 5.82 Å². The first kappa shape index (κ1) is 9.99. The molecule has 2 nitrogen and oxygen atoms in total. The van der Waals surface area contributed by atoms with Crippen molar-refractivity contribution in [2.24, 2.45) is 0 Å². The molecule has 1 aromatic heterocycles. The zero-order chi connectivity index (χ0) is 10.8. The standard InChI is InChI=1S/C12H11ClN2/c1-8-6-7-15-12(14)11(8)9-2-4-10(13)5-3-9/h2-7H,1H3,(H2,14,15). The molecule has 2 aromatic rings. The third-order valence-electron chi connectivity index (χ3n) is 2.32. The van der Waals surface area contributed by atoms with Crippen LogP contribution < -0.4 is 5.73 Å². The highest BCUT2D eigenvalue weighted by Gasteiger charge is 2.06. The predicted octanol–water partition coefficient (Wildman–Crippen LogP) is 3.29. The summed E-state index contributed by atoms with van der Waals surface area (Å²) >= 11 is 5.83. The zero-order valence-corrected chi connectivity index (χ0v) is 9.12. The van der Waals surface area contributed by atoms with Crippen molar-refractivity contribution in [3.05, 3.63) is 47.1 Å². The summed E-state index contributed by atoms with van der Waals surface area (Å²) in [6, 6.07) is 9.54. The molecule has 0 spiro atoms. The smallest absolute Gasteiger partial charge is 0.131 e. The molecule has 1 heterocycles. The second-order valence-corrected chi connectivity index (χ2v) is 3.83. The first-order chi connectivity index (χ1) is 7.18. The molecule has 0 radical (unpaired) electrons. The van der Waals surface area contributed by atoms with Crippen molar-refractivity contribution in [2.45, 2.75) is 6.92 Å². The summed E-state index contributed by atoms with van der Waals surface area (Å²) in [6.45, 7) is 2.02. The molecule has 0 fully saturated rings. The molecule has 76 valence electrons. The van der Waals surface area contributed by atoms with Crippen LogP contribution in [0.5, 0.6) is 0 Å². The molecule has 0 saturated carbocycles. The van der Waals surface area contributed by atoms with Gasteiger partial charge in [-0.2, -0.15) is 0 Å². The highest BCUT2D eigenvalue weighted by atomic mass is 35.5. The predicted molar refractivity (Wildman–Crippen MR) is 63.8 cm³/mol. The van der Waals surface area contributed by atoms with Gasteiger partial charge in [0, 0.05) is 16.8 Å². The summed E-state index contributed by atoms with van der Waals surface area (Å²) in [6.07, 6.45) is 1.71. The molecule has 0 atom stereocenters. The summed E-state index contributed by atoms with van der Waals surface area (Å²) < 4.78 is 0. The Hall–Kier alpha value is -1.54. The number of nitrogen functional groups attached to an aromatic ring is 1. The molecule has 0 saturated heterocycles. The average molecular weight is 219 g/mol. The Morgan fingerprint density at radius 3 is 2.40 bits per heavy atom. The van der Waals surface area contributed by atoms with Crippen LogP contribution >= 0.6 is 11.6 Å². The number of aromatic nitrogens is 1. The van der Waals surface area contributed by atoms with Gasteiger partial charge in [0.1, 0.15) is 5.82 Å². The van der Waals surface area contributed by atoms with Crippen molar-refractivity contribution in [1.29, 1.82) is 0 Å². The highest BCUT2D eigenvalue weighted by molar-refractivity contribution is 6.30. The number of pyridine rings is 1. The van der Waals surface area contributed by atoms with Crippen LogP contribution in [0.2, 0.25) is 5.02 Å². The molecule has 2 N–H and O–H groups in total. The lowest BCUT2D eigenvalue weighted by Crippen LogP contribution is -1.95. The summed E-state index contributed by atoms with van der Waals surface area (Å²) in [4.78, 5) is 4.08. The van der Waals surface area contributed by atoms with Gasteiger partial charge in [0.15, 0.2) is 0 Å². The van der Waals surface area contributed by atoms with Gasteiger partial charge in [0.05, 0.1) is 0 Å².